The van der Waals surface area contributed by atoms with Gasteiger partial charge in [0.1, 0.15) is 5.00 Å². The van der Waals surface area contributed by atoms with Gasteiger partial charge >= 0.3 is 0 Å². The Morgan fingerprint density at radius 1 is 1.27 bits per heavy atom. The van der Waals surface area contributed by atoms with Crippen molar-refractivity contribution in [1.82, 2.24) is 9.80 Å². The molecule has 1 aromatic rings. The van der Waals surface area contributed by atoms with Gasteiger partial charge in [0.2, 0.25) is 11.8 Å². The molecule has 0 aromatic carbocycles. The summed E-state index contributed by atoms with van der Waals surface area (Å²) in [4.78, 5) is 38.7. The number of nitrogens with one attached hydrogen (secondary N) is 1. The average Bonchev–Trinajstić information content (AvgIpc) is 2.94. The number of thiophene rings is 1. The van der Waals surface area contributed by atoms with Gasteiger partial charge in [-0.25, -0.2) is 0 Å². The first kappa shape index (κ1) is 16.4. The number of hydrogen-bond donors (Lipinski definition) is 2. The minimum absolute atomic E-state index is 0.0569. The molecule has 1 fully saturated rings. The number of rotatable bonds is 4. The Labute approximate surface area is 133 Å². The first-order valence-corrected chi connectivity index (χ1v) is 7.96. The average molecular weight is 324 g/mol. The standard InChI is InChI=1S/C14H20N4O3S/c1-9(17-4-6-18(7-5-17)10(2)19)13(21)16-14-11(12(15)20)3-8-22-14/h3,8-9H,4-7H2,1-2H3,(H2,15,20)(H,16,21)/t9-/m0/s1. The molecule has 7 nitrogen and oxygen atoms in total. The quantitative estimate of drug-likeness (QED) is 0.835. The topological polar surface area (TPSA) is 95.7 Å². The minimum Gasteiger partial charge on any atom is -0.366 e. The molecule has 1 aliphatic rings. The fourth-order valence-corrected chi connectivity index (χ4v) is 3.20. The minimum atomic E-state index is -0.556. The number of carbonyl (C=O) groups excluding carboxylic acids is 3. The molecule has 0 unspecified atom stereocenters. The summed E-state index contributed by atoms with van der Waals surface area (Å²) in [5, 5.41) is 4.95. The van der Waals surface area contributed by atoms with E-state index in [1.54, 1.807) is 23.3 Å². The van der Waals surface area contributed by atoms with Gasteiger partial charge in [-0.05, 0) is 18.4 Å². The second kappa shape index (κ2) is 6.89. The molecule has 8 heteroatoms. The highest BCUT2D eigenvalue weighted by atomic mass is 32.1. The van der Waals surface area contributed by atoms with Gasteiger partial charge < -0.3 is 16.0 Å². The molecule has 1 atom stereocenters. The van der Waals surface area contributed by atoms with Gasteiger partial charge in [-0.1, -0.05) is 0 Å². The predicted molar refractivity (Wildman–Crippen MR) is 84.8 cm³/mol. The number of amides is 3. The van der Waals surface area contributed by atoms with Crippen molar-refractivity contribution in [3.8, 4) is 0 Å². The van der Waals surface area contributed by atoms with Gasteiger partial charge in [-0.15, -0.1) is 11.3 Å². The molecule has 0 spiro atoms. The summed E-state index contributed by atoms with van der Waals surface area (Å²) in [7, 11) is 0. The van der Waals surface area contributed by atoms with Crippen LogP contribution in [0.5, 0.6) is 0 Å². The van der Waals surface area contributed by atoms with E-state index in [1.165, 1.54) is 11.3 Å². The molecule has 0 saturated carbocycles. The molecule has 1 aliphatic heterocycles. The second-order valence-electron chi connectivity index (χ2n) is 5.23. The fourth-order valence-electron chi connectivity index (χ4n) is 2.41. The smallest absolute Gasteiger partial charge is 0.251 e. The second-order valence-corrected chi connectivity index (χ2v) is 6.15. The van der Waals surface area contributed by atoms with Crippen molar-refractivity contribution < 1.29 is 14.4 Å². The van der Waals surface area contributed by atoms with Gasteiger partial charge in [0.15, 0.2) is 0 Å². The maximum absolute atomic E-state index is 12.3. The number of nitrogens with two attached hydrogens (primary N) is 1. The number of carbonyl (C=O) groups is 3. The molecule has 1 aromatic heterocycles. The molecule has 3 N–H and O–H groups in total. The Morgan fingerprint density at radius 2 is 1.91 bits per heavy atom. The van der Waals surface area contributed by atoms with E-state index < -0.39 is 5.91 Å². The van der Waals surface area contributed by atoms with Crippen LogP contribution in [0.1, 0.15) is 24.2 Å². The van der Waals surface area contributed by atoms with Crippen LogP contribution in [0.15, 0.2) is 11.4 Å². The summed E-state index contributed by atoms with van der Waals surface area (Å²) in [5.74, 6) is -0.679. The molecule has 3 amide bonds. The van der Waals surface area contributed by atoms with Crippen LogP contribution in [0.4, 0.5) is 5.00 Å². The first-order chi connectivity index (χ1) is 10.4. The lowest BCUT2D eigenvalue weighted by Gasteiger charge is -2.36. The highest BCUT2D eigenvalue weighted by Gasteiger charge is 2.27. The van der Waals surface area contributed by atoms with Crippen molar-refractivity contribution >= 4 is 34.1 Å². The summed E-state index contributed by atoms with van der Waals surface area (Å²) in [6, 6.07) is 1.26. The molecule has 22 heavy (non-hydrogen) atoms. The summed E-state index contributed by atoms with van der Waals surface area (Å²) < 4.78 is 0. The van der Waals surface area contributed by atoms with Crippen molar-refractivity contribution in [2.24, 2.45) is 5.73 Å². The van der Waals surface area contributed by atoms with Gasteiger partial charge in [0.05, 0.1) is 11.6 Å². The zero-order valence-corrected chi connectivity index (χ0v) is 13.5. The summed E-state index contributed by atoms with van der Waals surface area (Å²) in [6.07, 6.45) is 0. The van der Waals surface area contributed by atoms with Crippen molar-refractivity contribution in [1.29, 1.82) is 0 Å². The van der Waals surface area contributed by atoms with E-state index in [9.17, 15) is 14.4 Å². The Morgan fingerprint density at radius 3 is 2.45 bits per heavy atom. The highest BCUT2D eigenvalue weighted by Crippen LogP contribution is 2.23. The van der Waals surface area contributed by atoms with Crippen LogP contribution >= 0.6 is 11.3 Å². The van der Waals surface area contributed by atoms with Crippen LogP contribution < -0.4 is 11.1 Å². The van der Waals surface area contributed by atoms with Crippen molar-refractivity contribution in [2.45, 2.75) is 19.9 Å². The molecule has 2 heterocycles. The normalized spacial score (nSPS) is 17.1. The first-order valence-electron chi connectivity index (χ1n) is 7.08. The van der Waals surface area contributed by atoms with Crippen molar-refractivity contribution in [3.05, 3.63) is 17.0 Å². The zero-order valence-electron chi connectivity index (χ0n) is 12.7. The van der Waals surface area contributed by atoms with E-state index in [4.69, 9.17) is 5.73 Å². The van der Waals surface area contributed by atoms with Crippen LogP contribution in [-0.4, -0.2) is 59.7 Å². The van der Waals surface area contributed by atoms with E-state index >= 15 is 0 Å². The third-order valence-corrected chi connectivity index (χ3v) is 4.68. The number of piperazine rings is 1. The fraction of sp³-hybridized carbons (Fsp3) is 0.500. The SMILES string of the molecule is CC(=O)N1CCN([C@@H](C)C(=O)Nc2sccc2C(N)=O)CC1. The molecular weight excluding hydrogens is 304 g/mol. The Kier molecular flexibility index (Phi) is 5.15. The van der Waals surface area contributed by atoms with Gasteiger partial charge in [0.25, 0.3) is 5.91 Å². The molecule has 0 radical (unpaired) electrons. The number of anilines is 1. The Hall–Kier alpha value is -1.93. The van der Waals surface area contributed by atoms with Crippen LogP contribution in [0.3, 0.4) is 0 Å². The largest absolute Gasteiger partial charge is 0.366 e. The number of primary amides is 1. The van der Waals surface area contributed by atoms with E-state index in [0.29, 0.717) is 36.7 Å². The van der Waals surface area contributed by atoms with E-state index in [2.05, 4.69) is 5.32 Å². The summed E-state index contributed by atoms with van der Waals surface area (Å²) in [6.45, 7) is 5.92. The number of nitrogens with zero attached hydrogens (tertiary/aromatic N) is 2. The van der Waals surface area contributed by atoms with Crippen LogP contribution in [0.25, 0.3) is 0 Å². The molecule has 2 rings (SSSR count). The van der Waals surface area contributed by atoms with Crippen molar-refractivity contribution in [3.63, 3.8) is 0 Å². The van der Waals surface area contributed by atoms with Crippen molar-refractivity contribution in [2.75, 3.05) is 31.5 Å². The Bertz CT molecular complexity index is 578. The van der Waals surface area contributed by atoms with E-state index in [1.807, 2.05) is 11.8 Å². The third kappa shape index (κ3) is 3.63. The van der Waals surface area contributed by atoms with E-state index in [0.717, 1.165) is 0 Å². The van der Waals surface area contributed by atoms with Gasteiger partial charge in [-0.3, -0.25) is 19.3 Å². The summed E-state index contributed by atoms with van der Waals surface area (Å²) >= 11 is 1.27. The van der Waals surface area contributed by atoms with Crippen LogP contribution in [0.2, 0.25) is 0 Å². The highest BCUT2D eigenvalue weighted by molar-refractivity contribution is 7.14. The summed E-state index contributed by atoms with van der Waals surface area (Å²) in [5.41, 5.74) is 5.59. The lowest BCUT2D eigenvalue weighted by Crippen LogP contribution is -2.53. The Balaban J connectivity index is 1.94. The van der Waals surface area contributed by atoms with Crippen LogP contribution in [-0.2, 0) is 9.59 Å². The molecule has 0 bridgehead atoms. The predicted octanol–water partition coefficient (Wildman–Crippen LogP) is 0.338. The van der Waals surface area contributed by atoms with Crippen LogP contribution in [0, 0.1) is 0 Å². The number of hydrogen-bond acceptors (Lipinski definition) is 5. The maximum atomic E-state index is 12.3. The third-order valence-electron chi connectivity index (χ3n) is 3.85. The van der Waals surface area contributed by atoms with Gasteiger partial charge in [0, 0.05) is 33.1 Å². The van der Waals surface area contributed by atoms with E-state index in [-0.39, 0.29) is 17.9 Å². The van der Waals surface area contributed by atoms with Gasteiger partial charge in [-0.2, -0.15) is 0 Å². The molecule has 120 valence electrons. The maximum Gasteiger partial charge on any atom is 0.251 e. The lowest BCUT2D eigenvalue weighted by molar-refractivity contribution is -0.131. The molecule has 0 aliphatic carbocycles. The molecule has 1 saturated heterocycles. The monoisotopic (exact) mass is 324 g/mol. The molecular formula is C14H20N4O3S. The lowest BCUT2D eigenvalue weighted by atomic mass is 10.2. The zero-order chi connectivity index (χ0) is 16.3.